The number of methoxy groups -OCH3 is 1. The highest BCUT2D eigenvalue weighted by Crippen LogP contribution is 2.39. The smallest absolute Gasteiger partial charge is 0.190 e. The molecule has 0 amide bonds. The lowest BCUT2D eigenvalue weighted by Gasteiger charge is -2.26. The summed E-state index contributed by atoms with van der Waals surface area (Å²) in [6.07, 6.45) is -1.25. The van der Waals surface area contributed by atoms with Crippen molar-refractivity contribution in [2.75, 3.05) is 13.7 Å². The number of rotatable bonds is 8. The van der Waals surface area contributed by atoms with Gasteiger partial charge in [0.25, 0.3) is 0 Å². The Morgan fingerprint density at radius 3 is 2.34 bits per heavy atom. The second-order valence-electron chi connectivity index (χ2n) is 7.77. The molecule has 6 nitrogen and oxygen atoms in total. The molecule has 2 aliphatic heterocycles. The van der Waals surface area contributed by atoms with Crippen LogP contribution in [0.1, 0.15) is 25.0 Å². The molecule has 0 saturated carbocycles. The summed E-state index contributed by atoms with van der Waals surface area (Å²) in [6, 6.07) is 17.9. The first-order valence-electron chi connectivity index (χ1n) is 9.91. The van der Waals surface area contributed by atoms with Crippen molar-refractivity contribution in [2.24, 2.45) is 0 Å². The summed E-state index contributed by atoms with van der Waals surface area (Å²) in [4.78, 5) is 0. The predicted octanol–water partition coefficient (Wildman–Crippen LogP) is 3.67. The van der Waals surface area contributed by atoms with Crippen molar-refractivity contribution in [3.8, 4) is 5.75 Å². The van der Waals surface area contributed by atoms with Crippen LogP contribution in [-0.4, -0.2) is 44.1 Å². The monoisotopic (exact) mass is 400 g/mol. The molecule has 2 saturated heterocycles. The minimum atomic E-state index is -0.682. The van der Waals surface area contributed by atoms with Gasteiger partial charge in [-0.2, -0.15) is 0 Å². The largest absolute Gasteiger partial charge is 0.497 e. The van der Waals surface area contributed by atoms with Crippen LogP contribution in [0.15, 0.2) is 54.6 Å². The van der Waals surface area contributed by atoms with E-state index in [1.165, 1.54) is 0 Å². The molecule has 0 unspecified atom stereocenters. The summed E-state index contributed by atoms with van der Waals surface area (Å²) in [6.45, 7) is 5.14. The van der Waals surface area contributed by atoms with Crippen LogP contribution in [0.3, 0.4) is 0 Å². The zero-order valence-corrected chi connectivity index (χ0v) is 17.1. The molecule has 4 rings (SSSR count). The number of hydrogen-bond acceptors (Lipinski definition) is 6. The normalized spacial score (nSPS) is 27.7. The lowest BCUT2D eigenvalue weighted by molar-refractivity contribution is -0.225. The first-order chi connectivity index (χ1) is 14.0. The van der Waals surface area contributed by atoms with Crippen molar-refractivity contribution < 1.29 is 28.4 Å². The molecule has 2 aromatic carbocycles. The van der Waals surface area contributed by atoms with Crippen LogP contribution in [0.4, 0.5) is 0 Å². The molecule has 0 spiro atoms. The van der Waals surface area contributed by atoms with E-state index in [-0.39, 0.29) is 18.3 Å². The van der Waals surface area contributed by atoms with Gasteiger partial charge in [0.15, 0.2) is 12.1 Å². The van der Waals surface area contributed by atoms with E-state index in [2.05, 4.69) is 0 Å². The molecule has 0 aliphatic carbocycles. The lowest BCUT2D eigenvalue weighted by atomic mass is 10.1. The molecule has 2 fully saturated rings. The minimum absolute atomic E-state index is 0.261. The molecular weight excluding hydrogens is 372 g/mol. The van der Waals surface area contributed by atoms with E-state index in [0.29, 0.717) is 19.8 Å². The van der Waals surface area contributed by atoms with E-state index < -0.39 is 12.1 Å². The van der Waals surface area contributed by atoms with Crippen molar-refractivity contribution in [2.45, 2.75) is 57.5 Å². The number of fused-ring (bicyclic) bond motifs is 1. The van der Waals surface area contributed by atoms with Crippen LogP contribution < -0.4 is 4.74 Å². The highest BCUT2D eigenvalue weighted by atomic mass is 16.8. The number of benzene rings is 2. The van der Waals surface area contributed by atoms with Gasteiger partial charge in [0, 0.05) is 0 Å². The van der Waals surface area contributed by atoms with Gasteiger partial charge < -0.3 is 28.4 Å². The highest BCUT2D eigenvalue weighted by molar-refractivity contribution is 5.26. The first-order valence-corrected chi connectivity index (χ1v) is 9.91. The van der Waals surface area contributed by atoms with Crippen molar-refractivity contribution in [1.29, 1.82) is 0 Å². The third kappa shape index (κ3) is 4.97. The Kier molecular flexibility index (Phi) is 6.18. The van der Waals surface area contributed by atoms with Crippen molar-refractivity contribution in [3.05, 3.63) is 65.7 Å². The third-order valence-corrected chi connectivity index (χ3v) is 5.08. The molecule has 29 heavy (non-hydrogen) atoms. The second kappa shape index (κ2) is 8.81. The molecule has 4 atom stereocenters. The van der Waals surface area contributed by atoms with Gasteiger partial charge in [-0.3, -0.25) is 0 Å². The summed E-state index contributed by atoms with van der Waals surface area (Å²) in [5.41, 5.74) is 2.17. The Bertz CT molecular complexity index is 776. The van der Waals surface area contributed by atoms with Gasteiger partial charge in [0.05, 0.1) is 26.9 Å². The predicted molar refractivity (Wildman–Crippen MR) is 106 cm³/mol. The summed E-state index contributed by atoms with van der Waals surface area (Å²) >= 11 is 0. The average molecular weight is 400 g/mol. The van der Waals surface area contributed by atoms with Gasteiger partial charge in [-0.1, -0.05) is 42.5 Å². The Morgan fingerprint density at radius 2 is 1.62 bits per heavy atom. The average Bonchev–Trinajstić information content (AvgIpc) is 3.19. The zero-order chi connectivity index (χ0) is 20.3. The maximum atomic E-state index is 6.22. The van der Waals surface area contributed by atoms with E-state index in [1.807, 2.05) is 68.4 Å². The molecular formula is C23H28O6. The van der Waals surface area contributed by atoms with Crippen LogP contribution in [0.25, 0.3) is 0 Å². The molecule has 0 aromatic heterocycles. The van der Waals surface area contributed by atoms with Crippen molar-refractivity contribution in [1.82, 2.24) is 0 Å². The zero-order valence-electron chi connectivity index (χ0n) is 17.1. The van der Waals surface area contributed by atoms with Crippen molar-refractivity contribution >= 4 is 0 Å². The molecule has 0 N–H and O–H groups in total. The summed E-state index contributed by atoms with van der Waals surface area (Å²) in [7, 11) is 1.65. The Balaban J connectivity index is 1.36. The van der Waals surface area contributed by atoms with Crippen LogP contribution >= 0.6 is 0 Å². The maximum absolute atomic E-state index is 6.22. The topological polar surface area (TPSA) is 55.4 Å². The molecule has 6 heteroatoms. The SMILES string of the molecule is COc1ccc(COC[C@H]2O[C@@H]3OC(C)(C)O[C@@H]3[C@H]2OCc2ccccc2)cc1. The summed E-state index contributed by atoms with van der Waals surface area (Å²) in [5, 5.41) is 0. The van der Waals surface area contributed by atoms with Gasteiger partial charge in [-0.25, -0.2) is 0 Å². The molecule has 0 radical (unpaired) electrons. The number of hydrogen-bond donors (Lipinski definition) is 0. The molecule has 2 aromatic rings. The third-order valence-electron chi connectivity index (χ3n) is 5.08. The van der Waals surface area contributed by atoms with E-state index in [0.717, 1.165) is 16.9 Å². The lowest BCUT2D eigenvalue weighted by Crippen LogP contribution is -2.38. The van der Waals surface area contributed by atoms with E-state index in [1.54, 1.807) is 7.11 Å². The van der Waals surface area contributed by atoms with Gasteiger partial charge in [0.2, 0.25) is 0 Å². The fourth-order valence-corrected chi connectivity index (χ4v) is 3.66. The second-order valence-corrected chi connectivity index (χ2v) is 7.77. The van der Waals surface area contributed by atoms with E-state index in [4.69, 9.17) is 28.4 Å². The van der Waals surface area contributed by atoms with Crippen LogP contribution in [0.5, 0.6) is 5.75 Å². The van der Waals surface area contributed by atoms with E-state index >= 15 is 0 Å². The highest BCUT2D eigenvalue weighted by Gasteiger charge is 2.55. The van der Waals surface area contributed by atoms with Gasteiger partial charge >= 0.3 is 0 Å². The van der Waals surface area contributed by atoms with Gasteiger partial charge in [0.1, 0.15) is 24.1 Å². The minimum Gasteiger partial charge on any atom is -0.497 e. The summed E-state index contributed by atoms with van der Waals surface area (Å²) in [5.74, 6) is 0.144. The molecule has 156 valence electrons. The molecule has 2 aliphatic rings. The Morgan fingerprint density at radius 1 is 0.897 bits per heavy atom. The Hall–Kier alpha value is -1.96. The maximum Gasteiger partial charge on any atom is 0.190 e. The number of ether oxygens (including phenoxy) is 6. The van der Waals surface area contributed by atoms with Gasteiger partial charge in [-0.15, -0.1) is 0 Å². The Labute approximate surface area is 171 Å². The van der Waals surface area contributed by atoms with Crippen LogP contribution in [0.2, 0.25) is 0 Å². The molecule has 2 heterocycles. The first kappa shape index (κ1) is 20.3. The van der Waals surface area contributed by atoms with Crippen LogP contribution in [-0.2, 0) is 36.9 Å². The van der Waals surface area contributed by atoms with Gasteiger partial charge in [-0.05, 0) is 37.1 Å². The van der Waals surface area contributed by atoms with Crippen LogP contribution in [0, 0.1) is 0 Å². The van der Waals surface area contributed by atoms with Crippen molar-refractivity contribution in [3.63, 3.8) is 0 Å². The summed E-state index contributed by atoms with van der Waals surface area (Å²) < 4.78 is 35.3. The fraction of sp³-hybridized carbons (Fsp3) is 0.478. The fourth-order valence-electron chi connectivity index (χ4n) is 3.66. The van der Waals surface area contributed by atoms with E-state index in [9.17, 15) is 0 Å². The standard InChI is InChI=1S/C23H28O6/c1-23(2)28-21-20(26-14-16-7-5-4-6-8-16)19(27-22(21)29-23)15-25-13-17-9-11-18(24-3)12-10-17/h4-12,19-22H,13-15H2,1-3H3/t19-,20+,21-,22-/m1/s1. The molecule has 0 bridgehead atoms. The quantitative estimate of drug-likeness (QED) is 0.674.